The molecule has 0 spiro atoms. The van der Waals surface area contributed by atoms with E-state index in [4.69, 9.17) is 10.00 Å². The molecule has 0 aliphatic heterocycles. The topological polar surface area (TPSA) is 74.2 Å². The zero-order valence-electron chi connectivity index (χ0n) is 12.2. The Labute approximate surface area is 125 Å². The lowest BCUT2D eigenvalue weighted by molar-refractivity contribution is 0.125. The highest BCUT2D eigenvalue weighted by molar-refractivity contribution is 5.67. The SMILES string of the molecule is CC(C#N)CNC1CC(NC(=O)OCc2ccccc2)C1. The Bertz CT molecular complexity index is 492. The van der Waals surface area contributed by atoms with Crippen LogP contribution >= 0.6 is 0 Å². The van der Waals surface area contributed by atoms with Crippen molar-refractivity contribution in [2.24, 2.45) is 5.92 Å². The van der Waals surface area contributed by atoms with Crippen molar-refractivity contribution in [3.05, 3.63) is 35.9 Å². The van der Waals surface area contributed by atoms with Crippen LogP contribution in [0.1, 0.15) is 25.3 Å². The monoisotopic (exact) mass is 287 g/mol. The zero-order valence-corrected chi connectivity index (χ0v) is 12.2. The molecule has 2 N–H and O–H groups in total. The Morgan fingerprint density at radius 1 is 1.38 bits per heavy atom. The molecule has 2 rings (SSSR count). The summed E-state index contributed by atoms with van der Waals surface area (Å²) in [7, 11) is 0. The van der Waals surface area contributed by atoms with Crippen LogP contribution in [0.5, 0.6) is 0 Å². The Balaban J connectivity index is 1.57. The molecule has 1 aliphatic rings. The maximum atomic E-state index is 11.6. The van der Waals surface area contributed by atoms with Gasteiger partial charge in [-0.1, -0.05) is 30.3 Å². The molecule has 1 aromatic rings. The standard InChI is InChI=1S/C16H21N3O2/c1-12(9-17)10-18-14-7-15(8-14)19-16(20)21-11-13-5-3-2-4-6-13/h2-6,12,14-15,18H,7-8,10-11H2,1H3,(H,19,20). The molecule has 1 aromatic carbocycles. The van der Waals surface area contributed by atoms with Gasteiger partial charge in [-0.25, -0.2) is 4.79 Å². The molecule has 21 heavy (non-hydrogen) atoms. The van der Waals surface area contributed by atoms with Gasteiger partial charge < -0.3 is 15.4 Å². The lowest BCUT2D eigenvalue weighted by Crippen LogP contribution is -2.53. The van der Waals surface area contributed by atoms with E-state index in [-0.39, 0.29) is 18.1 Å². The molecular weight excluding hydrogens is 266 g/mol. The summed E-state index contributed by atoms with van der Waals surface area (Å²) in [5.74, 6) is 0.0212. The largest absolute Gasteiger partial charge is 0.445 e. The van der Waals surface area contributed by atoms with Gasteiger partial charge in [0.2, 0.25) is 0 Å². The molecule has 0 bridgehead atoms. The third kappa shape index (κ3) is 5.09. The van der Waals surface area contributed by atoms with Gasteiger partial charge in [0.15, 0.2) is 0 Å². The van der Waals surface area contributed by atoms with Crippen LogP contribution in [0.3, 0.4) is 0 Å². The maximum Gasteiger partial charge on any atom is 0.407 e. The molecule has 1 amide bonds. The van der Waals surface area contributed by atoms with E-state index in [0.717, 1.165) is 18.4 Å². The first-order valence-electron chi connectivity index (χ1n) is 7.27. The highest BCUT2D eigenvalue weighted by Crippen LogP contribution is 2.20. The molecule has 5 nitrogen and oxygen atoms in total. The second-order valence-electron chi connectivity index (χ2n) is 5.51. The second kappa shape index (κ2) is 7.65. The zero-order chi connectivity index (χ0) is 15.1. The lowest BCUT2D eigenvalue weighted by atomic mass is 9.86. The van der Waals surface area contributed by atoms with E-state index in [9.17, 15) is 4.79 Å². The normalized spacial score (nSPS) is 21.7. The number of carbonyl (C=O) groups is 1. The van der Waals surface area contributed by atoms with Gasteiger partial charge in [-0.2, -0.15) is 5.26 Å². The van der Waals surface area contributed by atoms with Gasteiger partial charge in [-0.05, 0) is 25.3 Å². The number of ether oxygens (including phenoxy) is 1. The molecule has 5 heteroatoms. The van der Waals surface area contributed by atoms with Crippen molar-refractivity contribution in [3.63, 3.8) is 0 Å². The van der Waals surface area contributed by atoms with E-state index >= 15 is 0 Å². The first-order chi connectivity index (χ1) is 10.2. The fourth-order valence-corrected chi connectivity index (χ4v) is 2.22. The molecule has 1 aliphatic carbocycles. The van der Waals surface area contributed by atoms with Gasteiger partial charge in [0.05, 0.1) is 12.0 Å². The highest BCUT2D eigenvalue weighted by atomic mass is 16.5. The molecule has 1 atom stereocenters. The van der Waals surface area contributed by atoms with Crippen molar-refractivity contribution in [3.8, 4) is 6.07 Å². The van der Waals surface area contributed by atoms with Crippen molar-refractivity contribution >= 4 is 6.09 Å². The molecule has 0 heterocycles. The van der Waals surface area contributed by atoms with E-state index in [1.807, 2.05) is 37.3 Å². The van der Waals surface area contributed by atoms with Crippen LogP contribution < -0.4 is 10.6 Å². The number of benzene rings is 1. The smallest absolute Gasteiger partial charge is 0.407 e. The van der Waals surface area contributed by atoms with Gasteiger partial charge >= 0.3 is 6.09 Å². The Morgan fingerprint density at radius 3 is 2.76 bits per heavy atom. The minimum absolute atomic E-state index is 0.0212. The molecule has 0 saturated heterocycles. The number of amides is 1. The number of alkyl carbamates (subject to hydrolysis) is 1. The quantitative estimate of drug-likeness (QED) is 0.841. The van der Waals surface area contributed by atoms with E-state index in [1.165, 1.54) is 0 Å². The summed E-state index contributed by atoms with van der Waals surface area (Å²) in [5, 5.41) is 14.9. The first-order valence-corrected chi connectivity index (χ1v) is 7.27. The Kier molecular flexibility index (Phi) is 5.59. The van der Waals surface area contributed by atoms with Crippen molar-refractivity contribution in [1.82, 2.24) is 10.6 Å². The van der Waals surface area contributed by atoms with Gasteiger partial charge in [0, 0.05) is 18.6 Å². The fraction of sp³-hybridized carbons (Fsp3) is 0.500. The predicted molar refractivity (Wildman–Crippen MR) is 79.4 cm³/mol. The summed E-state index contributed by atoms with van der Waals surface area (Å²) in [6, 6.07) is 12.4. The number of hydrogen-bond donors (Lipinski definition) is 2. The molecule has 0 radical (unpaired) electrons. The third-order valence-corrected chi connectivity index (χ3v) is 3.61. The second-order valence-corrected chi connectivity index (χ2v) is 5.51. The van der Waals surface area contributed by atoms with E-state index in [0.29, 0.717) is 19.2 Å². The van der Waals surface area contributed by atoms with Crippen molar-refractivity contribution in [1.29, 1.82) is 5.26 Å². The van der Waals surface area contributed by atoms with Gasteiger partial charge in [-0.15, -0.1) is 0 Å². The average Bonchev–Trinajstić information content (AvgIpc) is 2.48. The van der Waals surface area contributed by atoms with Gasteiger partial charge in [0.1, 0.15) is 6.61 Å². The molecule has 112 valence electrons. The minimum atomic E-state index is -0.368. The van der Waals surface area contributed by atoms with E-state index in [1.54, 1.807) is 0 Å². The summed E-state index contributed by atoms with van der Waals surface area (Å²) in [4.78, 5) is 11.6. The van der Waals surface area contributed by atoms with Crippen LogP contribution in [0.2, 0.25) is 0 Å². The molecule has 1 saturated carbocycles. The number of hydrogen-bond acceptors (Lipinski definition) is 4. The molecule has 1 fully saturated rings. The van der Waals surface area contributed by atoms with Crippen molar-refractivity contribution in [2.75, 3.05) is 6.54 Å². The number of nitrogens with zero attached hydrogens (tertiary/aromatic N) is 1. The van der Waals surface area contributed by atoms with Crippen molar-refractivity contribution in [2.45, 2.75) is 38.5 Å². The van der Waals surface area contributed by atoms with E-state index < -0.39 is 0 Å². The fourth-order valence-electron chi connectivity index (χ4n) is 2.22. The van der Waals surface area contributed by atoms with Gasteiger partial charge in [-0.3, -0.25) is 0 Å². The van der Waals surface area contributed by atoms with Crippen LogP contribution in [0, 0.1) is 17.2 Å². The molecule has 0 aromatic heterocycles. The molecular formula is C16H21N3O2. The maximum absolute atomic E-state index is 11.6. The lowest BCUT2D eigenvalue weighted by Gasteiger charge is -2.36. The number of nitrogens with one attached hydrogen (secondary N) is 2. The van der Waals surface area contributed by atoms with Gasteiger partial charge in [0.25, 0.3) is 0 Å². The van der Waals surface area contributed by atoms with Crippen LogP contribution in [-0.2, 0) is 11.3 Å². The summed E-state index contributed by atoms with van der Waals surface area (Å²) in [6.45, 7) is 2.88. The summed E-state index contributed by atoms with van der Waals surface area (Å²) in [5.41, 5.74) is 0.978. The summed E-state index contributed by atoms with van der Waals surface area (Å²) >= 11 is 0. The molecule has 1 unspecified atom stereocenters. The van der Waals surface area contributed by atoms with Crippen LogP contribution in [0.4, 0.5) is 4.79 Å². The Hall–Kier alpha value is -2.06. The van der Waals surface area contributed by atoms with Crippen LogP contribution in [0.25, 0.3) is 0 Å². The predicted octanol–water partition coefficient (Wildman–Crippen LogP) is 2.19. The average molecular weight is 287 g/mol. The Morgan fingerprint density at radius 2 is 2.10 bits per heavy atom. The minimum Gasteiger partial charge on any atom is -0.445 e. The highest BCUT2D eigenvalue weighted by Gasteiger charge is 2.30. The van der Waals surface area contributed by atoms with E-state index in [2.05, 4.69) is 16.7 Å². The van der Waals surface area contributed by atoms with Crippen LogP contribution in [0.15, 0.2) is 30.3 Å². The number of rotatable bonds is 6. The summed E-state index contributed by atoms with van der Waals surface area (Å²) < 4.78 is 5.17. The third-order valence-electron chi connectivity index (χ3n) is 3.61. The number of carbonyl (C=O) groups excluding carboxylic acids is 1. The number of nitriles is 1. The first kappa shape index (κ1) is 15.3. The summed E-state index contributed by atoms with van der Waals surface area (Å²) in [6.07, 6.45) is 1.41. The van der Waals surface area contributed by atoms with Crippen LogP contribution in [-0.4, -0.2) is 24.7 Å². The van der Waals surface area contributed by atoms with Crippen molar-refractivity contribution < 1.29 is 9.53 Å².